The summed E-state index contributed by atoms with van der Waals surface area (Å²) in [6, 6.07) is 10.7. The molecular formula is C20H22Cl2N4O2. The molecule has 6 nitrogen and oxygen atoms in total. The van der Waals surface area contributed by atoms with E-state index >= 15 is 0 Å². The van der Waals surface area contributed by atoms with Crippen molar-refractivity contribution in [2.24, 2.45) is 0 Å². The predicted molar refractivity (Wildman–Crippen MR) is 113 cm³/mol. The summed E-state index contributed by atoms with van der Waals surface area (Å²) in [4.78, 5) is 26.4. The SMILES string of the molecule is Cl.Nc1ccc2c(c1)CCCC2NC(=O)c1cc(N2CCNC2=O)ccc1Cl. The lowest BCUT2D eigenvalue weighted by molar-refractivity contribution is 0.0933. The molecule has 1 aliphatic carbocycles. The number of anilines is 2. The lowest BCUT2D eigenvalue weighted by Gasteiger charge is -2.27. The van der Waals surface area contributed by atoms with E-state index in [0.29, 0.717) is 29.4 Å². The average Bonchev–Trinajstić information content (AvgIpc) is 3.08. The van der Waals surface area contributed by atoms with E-state index in [4.69, 9.17) is 17.3 Å². The van der Waals surface area contributed by atoms with Gasteiger partial charge in [0.15, 0.2) is 0 Å². The normalized spacial score (nSPS) is 18.1. The third-order valence-electron chi connectivity index (χ3n) is 5.15. The van der Waals surface area contributed by atoms with Gasteiger partial charge < -0.3 is 16.4 Å². The summed E-state index contributed by atoms with van der Waals surface area (Å²) < 4.78 is 0. The second-order valence-electron chi connectivity index (χ2n) is 6.92. The van der Waals surface area contributed by atoms with E-state index in [0.717, 1.165) is 30.5 Å². The second-order valence-corrected chi connectivity index (χ2v) is 7.33. The Bertz CT molecular complexity index is 919. The topological polar surface area (TPSA) is 87.5 Å². The number of rotatable bonds is 3. The van der Waals surface area contributed by atoms with Gasteiger partial charge >= 0.3 is 6.03 Å². The number of carbonyl (C=O) groups is 2. The first kappa shape index (κ1) is 20.3. The number of amides is 3. The zero-order valence-electron chi connectivity index (χ0n) is 15.2. The lowest BCUT2D eigenvalue weighted by atomic mass is 9.87. The number of nitrogens with one attached hydrogen (secondary N) is 2. The molecule has 2 aliphatic rings. The molecular weight excluding hydrogens is 399 g/mol. The molecule has 1 unspecified atom stereocenters. The number of halogens is 2. The fourth-order valence-electron chi connectivity index (χ4n) is 3.79. The Morgan fingerprint density at radius 2 is 2.07 bits per heavy atom. The number of hydrogen-bond donors (Lipinski definition) is 3. The Hall–Kier alpha value is -2.44. The lowest BCUT2D eigenvalue weighted by Crippen LogP contribution is -2.32. The summed E-state index contributed by atoms with van der Waals surface area (Å²) in [7, 11) is 0. The number of carbonyl (C=O) groups excluding carboxylic acids is 2. The van der Waals surface area contributed by atoms with Crippen LogP contribution in [0.1, 0.15) is 40.4 Å². The molecule has 2 aromatic carbocycles. The van der Waals surface area contributed by atoms with Gasteiger partial charge in [-0.15, -0.1) is 12.4 Å². The number of nitrogen functional groups attached to an aromatic ring is 1. The standard InChI is InChI=1S/C20H21ClN4O2.ClH/c21-17-7-5-14(25-9-8-23-20(25)27)11-16(17)19(26)24-18-3-1-2-12-10-13(22)4-6-15(12)18;/h4-7,10-11,18H,1-3,8-9,22H2,(H,23,27)(H,24,26);1H. The van der Waals surface area contributed by atoms with Gasteiger partial charge in [-0.25, -0.2) is 4.79 Å². The second kappa shape index (κ2) is 8.29. The minimum Gasteiger partial charge on any atom is -0.399 e. The molecule has 0 aromatic heterocycles. The molecule has 2 aromatic rings. The van der Waals surface area contributed by atoms with Gasteiger partial charge in [-0.1, -0.05) is 17.7 Å². The molecule has 0 saturated carbocycles. The quantitative estimate of drug-likeness (QED) is 0.661. The highest BCUT2D eigenvalue weighted by atomic mass is 35.5. The maximum atomic E-state index is 12.9. The maximum absolute atomic E-state index is 12.9. The molecule has 0 radical (unpaired) electrons. The van der Waals surface area contributed by atoms with Crippen molar-refractivity contribution in [1.29, 1.82) is 0 Å². The van der Waals surface area contributed by atoms with Crippen LogP contribution in [-0.4, -0.2) is 25.0 Å². The molecule has 148 valence electrons. The first-order chi connectivity index (χ1) is 13.0. The molecule has 1 saturated heterocycles. The van der Waals surface area contributed by atoms with Crippen molar-refractivity contribution >= 4 is 47.3 Å². The molecule has 1 aliphatic heterocycles. The molecule has 0 bridgehead atoms. The van der Waals surface area contributed by atoms with Crippen molar-refractivity contribution in [3.8, 4) is 0 Å². The van der Waals surface area contributed by atoms with Gasteiger partial charge in [0.2, 0.25) is 0 Å². The minimum absolute atomic E-state index is 0. The Balaban J connectivity index is 0.00000225. The molecule has 28 heavy (non-hydrogen) atoms. The van der Waals surface area contributed by atoms with Crippen LogP contribution in [0.5, 0.6) is 0 Å². The monoisotopic (exact) mass is 420 g/mol. The maximum Gasteiger partial charge on any atom is 0.321 e. The highest BCUT2D eigenvalue weighted by Gasteiger charge is 2.25. The Kier molecular flexibility index (Phi) is 6.01. The van der Waals surface area contributed by atoms with E-state index in [1.807, 2.05) is 18.2 Å². The number of urea groups is 1. The van der Waals surface area contributed by atoms with Crippen molar-refractivity contribution in [2.75, 3.05) is 23.7 Å². The van der Waals surface area contributed by atoms with Crippen LogP contribution in [0.2, 0.25) is 5.02 Å². The van der Waals surface area contributed by atoms with Crippen molar-refractivity contribution in [2.45, 2.75) is 25.3 Å². The van der Waals surface area contributed by atoms with Gasteiger partial charge in [0, 0.05) is 24.5 Å². The fourth-order valence-corrected chi connectivity index (χ4v) is 4.00. The minimum atomic E-state index is -0.240. The van der Waals surface area contributed by atoms with Crippen LogP contribution >= 0.6 is 24.0 Å². The predicted octanol–water partition coefficient (Wildman–Crippen LogP) is 3.68. The highest BCUT2D eigenvalue weighted by molar-refractivity contribution is 6.34. The number of aryl methyl sites for hydroxylation is 1. The first-order valence-corrected chi connectivity index (χ1v) is 9.45. The van der Waals surface area contributed by atoms with Crippen molar-refractivity contribution in [3.05, 3.63) is 58.1 Å². The molecule has 1 fully saturated rings. The number of hydrogen-bond acceptors (Lipinski definition) is 3. The molecule has 1 atom stereocenters. The molecule has 1 heterocycles. The largest absolute Gasteiger partial charge is 0.399 e. The van der Waals surface area contributed by atoms with Crippen LogP contribution in [0, 0.1) is 0 Å². The summed E-state index contributed by atoms with van der Waals surface area (Å²) in [5.41, 5.74) is 9.94. The average molecular weight is 421 g/mol. The summed E-state index contributed by atoms with van der Waals surface area (Å²) in [6.45, 7) is 1.16. The van der Waals surface area contributed by atoms with Crippen LogP contribution in [-0.2, 0) is 6.42 Å². The number of nitrogens with zero attached hydrogens (tertiary/aromatic N) is 1. The van der Waals surface area contributed by atoms with E-state index < -0.39 is 0 Å². The number of benzene rings is 2. The Morgan fingerprint density at radius 3 is 2.82 bits per heavy atom. The van der Waals surface area contributed by atoms with E-state index in [-0.39, 0.29) is 30.4 Å². The summed E-state index contributed by atoms with van der Waals surface area (Å²) in [5.74, 6) is -0.240. The third-order valence-corrected chi connectivity index (χ3v) is 5.48. The van der Waals surface area contributed by atoms with Crippen LogP contribution in [0.4, 0.5) is 16.2 Å². The molecule has 4 N–H and O–H groups in total. The molecule has 0 spiro atoms. The van der Waals surface area contributed by atoms with E-state index in [9.17, 15) is 9.59 Å². The van der Waals surface area contributed by atoms with Gasteiger partial charge in [-0.2, -0.15) is 0 Å². The van der Waals surface area contributed by atoms with E-state index in [1.165, 1.54) is 5.56 Å². The molecule has 4 rings (SSSR count). The number of fused-ring (bicyclic) bond motifs is 1. The third kappa shape index (κ3) is 3.88. The Morgan fingerprint density at radius 1 is 1.25 bits per heavy atom. The van der Waals surface area contributed by atoms with Crippen molar-refractivity contribution < 1.29 is 9.59 Å². The first-order valence-electron chi connectivity index (χ1n) is 9.07. The zero-order chi connectivity index (χ0) is 19.0. The summed E-state index contributed by atoms with van der Waals surface area (Å²) in [6.07, 6.45) is 2.82. The summed E-state index contributed by atoms with van der Waals surface area (Å²) >= 11 is 6.28. The van der Waals surface area contributed by atoms with Gasteiger partial charge in [-0.3, -0.25) is 9.69 Å². The van der Waals surface area contributed by atoms with Gasteiger partial charge in [-0.05, 0) is 60.7 Å². The van der Waals surface area contributed by atoms with Crippen molar-refractivity contribution in [3.63, 3.8) is 0 Å². The van der Waals surface area contributed by atoms with Gasteiger partial charge in [0.1, 0.15) is 0 Å². The van der Waals surface area contributed by atoms with E-state index in [2.05, 4.69) is 10.6 Å². The van der Waals surface area contributed by atoms with Gasteiger partial charge in [0.25, 0.3) is 5.91 Å². The van der Waals surface area contributed by atoms with E-state index in [1.54, 1.807) is 23.1 Å². The number of nitrogens with two attached hydrogens (primary N) is 1. The van der Waals surface area contributed by atoms with Crippen LogP contribution in [0.15, 0.2) is 36.4 Å². The fraction of sp³-hybridized carbons (Fsp3) is 0.300. The van der Waals surface area contributed by atoms with Gasteiger partial charge in [0.05, 0.1) is 16.6 Å². The van der Waals surface area contributed by atoms with Crippen LogP contribution in [0.25, 0.3) is 0 Å². The van der Waals surface area contributed by atoms with Crippen LogP contribution in [0.3, 0.4) is 0 Å². The molecule has 8 heteroatoms. The van der Waals surface area contributed by atoms with Crippen LogP contribution < -0.4 is 21.3 Å². The highest BCUT2D eigenvalue weighted by Crippen LogP contribution is 2.32. The molecule has 3 amide bonds. The summed E-state index contributed by atoms with van der Waals surface area (Å²) in [5, 5.41) is 6.22. The zero-order valence-corrected chi connectivity index (χ0v) is 16.8. The Labute approximate surface area is 174 Å². The smallest absolute Gasteiger partial charge is 0.321 e. The van der Waals surface area contributed by atoms with Crippen molar-refractivity contribution in [1.82, 2.24) is 10.6 Å².